The lowest BCUT2D eigenvalue weighted by atomic mass is 9.88. The highest BCUT2D eigenvalue weighted by molar-refractivity contribution is 6.04. The van der Waals surface area contributed by atoms with Crippen LogP contribution in [0.5, 0.6) is 0 Å². The van der Waals surface area contributed by atoms with Gasteiger partial charge in [-0.25, -0.2) is 13.8 Å². The van der Waals surface area contributed by atoms with Crippen LogP contribution in [-0.2, 0) is 4.79 Å². The number of hydrogen-bond acceptors (Lipinski definition) is 6. The zero-order chi connectivity index (χ0) is 30.1. The van der Waals surface area contributed by atoms with E-state index in [9.17, 15) is 18.4 Å². The predicted octanol–water partition coefficient (Wildman–Crippen LogP) is 6.10. The SMILES string of the molecule is C[C@@H]1C(=O)N(C)c2ccc(Nc3ccc(C(=O)NC4CCC(N5CCC(F)(F)CC5)CC4)cc3)nc2N1C1CCCCC1. The molecule has 2 aliphatic heterocycles. The molecule has 8 nitrogen and oxygen atoms in total. The van der Waals surface area contributed by atoms with E-state index in [1.165, 1.54) is 19.3 Å². The van der Waals surface area contributed by atoms with Gasteiger partial charge in [-0.3, -0.25) is 14.5 Å². The molecular formula is C33H44F2N6O2. The molecule has 2 aromatic rings. The van der Waals surface area contributed by atoms with E-state index < -0.39 is 5.92 Å². The Morgan fingerprint density at radius 1 is 0.907 bits per heavy atom. The van der Waals surface area contributed by atoms with Crippen LogP contribution in [0, 0.1) is 0 Å². The number of carbonyl (C=O) groups is 2. The van der Waals surface area contributed by atoms with Crippen LogP contribution in [0.4, 0.5) is 31.8 Å². The van der Waals surface area contributed by atoms with Crippen molar-refractivity contribution >= 4 is 34.8 Å². The summed E-state index contributed by atoms with van der Waals surface area (Å²) in [7, 11) is 1.82. The van der Waals surface area contributed by atoms with Gasteiger partial charge in [0.15, 0.2) is 5.82 Å². The number of likely N-dealkylation sites (N-methyl/N-ethyl adjacent to an activating group) is 1. The van der Waals surface area contributed by atoms with Crippen molar-refractivity contribution in [3.63, 3.8) is 0 Å². The Labute approximate surface area is 253 Å². The van der Waals surface area contributed by atoms with Crippen LogP contribution in [0.15, 0.2) is 36.4 Å². The molecular weight excluding hydrogens is 550 g/mol. The first-order chi connectivity index (χ1) is 20.7. The highest BCUT2D eigenvalue weighted by Gasteiger charge is 2.39. The maximum absolute atomic E-state index is 13.5. The molecule has 2 aliphatic carbocycles. The van der Waals surface area contributed by atoms with E-state index in [0.29, 0.717) is 36.6 Å². The molecule has 0 spiro atoms. The number of nitrogens with one attached hydrogen (secondary N) is 2. The number of piperidine rings is 1. The molecule has 0 bridgehead atoms. The number of pyridine rings is 1. The fraction of sp³-hybridized carbons (Fsp3) is 0.606. The number of aromatic nitrogens is 1. The first-order valence-electron chi connectivity index (χ1n) is 16.1. The van der Waals surface area contributed by atoms with Crippen LogP contribution in [0.1, 0.15) is 87.9 Å². The second-order valence-corrected chi connectivity index (χ2v) is 12.9. The zero-order valence-corrected chi connectivity index (χ0v) is 25.3. The summed E-state index contributed by atoms with van der Waals surface area (Å²) in [5.41, 5.74) is 2.26. The highest BCUT2D eigenvalue weighted by Crippen LogP contribution is 2.39. The Morgan fingerprint density at radius 3 is 2.26 bits per heavy atom. The van der Waals surface area contributed by atoms with Crippen molar-refractivity contribution in [2.45, 2.75) is 108 Å². The second kappa shape index (κ2) is 12.4. The smallest absolute Gasteiger partial charge is 0.251 e. The number of amides is 2. The van der Waals surface area contributed by atoms with Gasteiger partial charge in [0.2, 0.25) is 5.91 Å². The standard InChI is InChI=1S/C33H44F2N6O2/c1-22-32(43)39(2)28-16-17-29(38-30(28)41(22)27-6-4-3-5-7-27)36-24-10-8-23(9-11-24)31(42)37-25-12-14-26(15-13-25)40-20-18-33(34,35)19-21-40/h8-11,16-17,22,25-27H,3-7,12-15,18-21H2,1-2H3,(H,36,38)(H,37,42)/t22-,25?,26?/m1/s1. The molecule has 2 saturated carbocycles. The number of likely N-dealkylation sites (tertiary alicyclic amines) is 1. The van der Waals surface area contributed by atoms with Gasteiger partial charge in [-0.2, -0.15) is 0 Å². The number of fused-ring (bicyclic) bond motifs is 1. The zero-order valence-electron chi connectivity index (χ0n) is 25.3. The first kappa shape index (κ1) is 29.8. The molecule has 232 valence electrons. The van der Waals surface area contributed by atoms with E-state index in [4.69, 9.17) is 4.98 Å². The fourth-order valence-corrected chi connectivity index (χ4v) is 7.44. The number of halogens is 2. The van der Waals surface area contributed by atoms with Crippen LogP contribution in [0.2, 0.25) is 0 Å². The van der Waals surface area contributed by atoms with E-state index in [-0.39, 0.29) is 36.7 Å². The van der Waals surface area contributed by atoms with Crippen molar-refractivity contribution in [3.8, 4) is 0 Å². The molecule has 1 saturated heterocycles. The Balaban J connectivity index is 1.06. The van der Waals surface area contributed by atoms with E-state index in [0.717, 1.165) is 55.7 Å². The lowest BCUT2D eigenvalue weighted by Crippen LogP contribution is -2.55. The van der Waals surface area contributed by atoms with Gasteiger partial charge in [-0.15, -0.1) is 0 Å². The first-order valence-corrected chi connectivity index (χ1v) is 16.1. The molecule has 6 rings (SSSR count). The molecule has 10 heteroatoms. The van der Waals surface area contributed by atoms with Crippen LogP contribution < -0.4 is 20.4 Å². The highest BCUT2D eigenvalue weighted by atomic mass is 19.3. The summed E-state index contributed by atoms with van der Waals surface area (Å²) in [4.78, 5) is 37.1. The van der Waals surface area contributed by atoms with Crippen LogP contribution in [-0.4, -0.2) is 71.9 Å². The minimum atomic E-state index is -2.52. The quantitative estimate of drug-likeness (QED) is 0.421. The third kappa shape index (κ3) is 6.49. The summed E-state index contributed by atoms with van der Waals surface area (Å²) in [6.45, 7) is 2.90. The average molecular weight is 595 g/mol. The maximum atomic E-state index is 13.5. The molecule has 4 aliphatic rings. The number of anilines is 4. The summed E-state index contributed by atoms with van der Waals surface area (Å²) in [5, 5.41) is 6.56. The van der Waals surface area contributed by atoms with E-state index in [2.05, 4.69) is 20.4 Å². The third-order valence-corrected chi connectivity index (χ3v) is 10.0. The van der Waals surface area contributed by atoms with Crippen molar-refractivity contribution in [2.24, 2.45) is 0 Å². The fourth-order valence-electron chi connectivity index (χ4n) is 7.44. The number of benzene rings is 1. The van der Waals surface area contributed by atoms with Gasteiger partial charge in [0.1, 0.15) is 11.9 Å². The summed E-state index contributed by atoms with van der Waals surface area (Å²) < 4.78 is 27.1. The van der Waals surface area contributed by atoms with Gasteiger partial charge in [-0.1, -0.05) is 19.3 Å². The Hall–Kier alpha value is -3.27. The number of carbonyl (C=O) groups excluding carboxylic acids is 2. The van der Waals surface area contributed by atoms with Crippen LogP contribution in [0.3, 0.4) is 0 Å². The summed E-state index contributed by atoms with van der Waals surface area (Å²) in [5.74, 6) is -0.978. The summed E-state index contributed by atoms with van der Waals surface area (Å²) >= 11 is 0. The molecule has 2 N–H and O–H groups in total. The van der Waals surface area contributed by atoms with E-state index in [1.807, 2.05) is 50.4 Å². The van der Waals surface area contributed by atoms with Gasteiger partial charge in [0.05, 0.1) is 5.69 Å². The lowest BCUT2D eigenvalue weighted by Gasteiger charge is -2.44. The average Bonchev–Trinajstić information content (AvgIpc) is 3.01. The summed E-state index contributed by atoms with van der Waals surface area (Å²) in [6.07, 6.45) is 9.23. The predicted molar refractivity (Wildman–Crippen MR) is 165 cm³/mol. The second-order valence-electron chi connectivity index (χ2n) is 12.9. The molecule has 1 aromatic carbocycles. The van der Waals surface area contributed by atoms with Gasteiger partial charge in [0, 0.05) is 62.4 Å². The normalized spacial score (nSPS) is 26.6. The number of rotatable bonds is 6. The maximum Gasteiger partial charge on any atom is 0.251 e. The third-order valence-electron chi connectivity index (χ3n) is 10.0. The molecule has 1 aromatic heterocycles. The largest absolute Gasteiger partial charge is 0.349 e. The number of hydrogen-bond donors (Lipinski definition) is 2. The molecule has 3 fully saturated rings. The monoisotopic (exact) mass is 594 g/mol. The van der Waals surface area contributed by atoms with Crippen LogP contribution in [0.25, 0.3) is 0 Å². The molecule has 1 atom stereocenters. The minimum Gasteiger partial charge on any atom is -0.349 e. The van der Waals surface area contributed by atoms with Crippen molar-refractivity contribution in [3.05, 3.63) is 42.0 Å². The van der Waals surface area contributed by atoms with Crippen molar-refractivity contribution in [2.75, 3.05) is 35.3 Å². The summed E-state index contributed by atoms with van der Waals surface area (Å²) in [6, 6.07) is 11.8. The number of nitrogens with zero attached hydrogens (tertiary/aromatic N) is 4. The van der Waals surface area contributed by atoms with Gasteiger partial charge >= 0.3 is 0 Å². The lowest BCUT2D eigenvalue weighted by molar-refractivity contribution is -0.119. The van der Waals surface area contributed by atoms with E-state index >= 15 is 0 Å². The molecule has 0 radical (unpaired) electrons. The van der Waals surface area contributed by atoms with E-state index in [1.54, 1.807) is 4.90 Å². The Morgan fingerprint density at radius 2 is 1.58 bits per heavy atom. The van der Waals surface area contributed by atoms with Gasteiger partial charge in [0.25, 0.3) is 11.8 Å². The molecule has 2 amide bonds. The molecule has 0 unspecified atom stereocenters. The van der Waals surface area contributed by atoms with Crippen molar-refractivity contribution < 1.29 is 18.4 Å². The van der Waals surface area contributed by atoms with Gasteiger partial charge < -0.3 is 20.4 Å². The van der Waals surface area contributed by atoms with Crippen molar-refractivity contribution in [1.29, 1.82) is 0 Å². The molecule has 3 heterocycles. The minimum absolute atomic E-state index is 0.0481. The Kier molecular flexibility index (Phi) is 8.58. The number of alkyl halides is 2. The Bertz CT molecular complexity index is 1300. The topological polar surface area (TPSA) is 80.8 Å². The van der Waals surface area contributed by atoms with Gasteiger partial charge in [-0.05, 0) is 81.8 Å². The molecule has 43 heavy (non-hydrogen) atoms. The van der Waals surface area contributed by atoms with Crippen molar-refractivity contribution in [1.82, 2.24) is 15.2 Å². The van der Waals surface area contributed by atoms with Crippen LogP contribution >= 0.6 is 0 Å².